The maximum absolute atomic E-state index is 11.5. The van der Waals surface area contributed by atoms with E-state index in [0.717, 1.165) is 0 Å². The van der Waals surface area contributed by atoms with Gasteiger partial charge in [-0.2, -0.15) is 0 Å². The van der Waals surface area contributed by atoms with Crippen LogP contribution in [0.25, 0.3) is 0 Å². The van der Waals surface area contributed by atoms with Crippen molar-refractivity contribution in [2.45, 2.75) is 32.9 Å². The molecule has 0 atom stereocenters. The first-order chi connectivity index (χ1) is 8.80. The lowest BCUT2D eigenvalue weighted by atomic mass is 10.2. The van der Waals surface area contributed by atoms with Gasteiger partial charge in [0.05, 0.1) is 12.2 Å². The van der Waals surface area contributed by atoms with E-state index in [9.17, 15) is 9.59 Å². The van der Waals surface area contributed by atoms with Gasteiger partial charge in [-0.15, -0.1) is 11.3 Å². The van der Waals surface area contributed by atoms with Gasteiger partial charge < -0.3 is 10.1 Å². The van der Waals surface area contributed by atoms with Crippen LogP contribution < -0.4 is 10.6 Å². The fourth-order valence-electron chi connectivity index (χ4n) is 1.09. The maximum atomic E-state index is 11.5. The molecule has 1 aromatic heterocycles. The van der Waals surface area contributed by atoms with Gasteiger partial charge >= 0.3 is 6.09 Å². The number of nitrogens with one attached hydrogen (secondary N) is 2. The van der Waals surface area contributed by atoms with Crippen molar-refractivity contribution >= 4 is 28.5 Å². The molecule has 1 aromatic rings. The highest BCUT2D eigenvalue weighted by molar-refractivity contribution is 7.13. The average Bonchev–Trinajstić information content (AvgIpc) is 2.70. The maximum Gasteiger partial charge on any atom is 0.413 e. The third-order valence-corrected chi connectivity index (χ3v) is 2.60. The molecular weight excluding hydrogens is 266 g/mol. The van der Waals surface area contributed by atoms with Crippen LogP contribution in [-0.2, 0) is 16.1 Å². The number of amides is 2. The van der Waals surface area contributed by atoms with Crippen molar-refractivity contribution in [2.24, 2.45) is 0 Å². The zero-order chi connectivity index (χ0) is 14.5. The SMILES string of the molecule is C=CC(=O)NCc1csc(NC(=O)OC(C)(C)C)n1. The number of rotatable bonds is 4. The number of anilines is 1. The van der Waals surface area contributed by atoms with Crippen molar-refractivity contribution < 1.29 is 14.3 Å². The van der Waals surface area contributed by atoms with Crippen LogP contribution in [-0.4, -0.2) is 22.6 Å². The Hall–Kier alpha value is -1.89. The van der Waals surface area contributed by atoms with Crippen molar-refractivity contribution in [3.8, 4) is 0 Å². The third-order valence-electron chi connectivity index (χ3n) is 1.79. The molecule has 0 bridgehead atoms. The smallest absolute Gasteiger partial charge is 0.413 e. The zero-order valence-electron chi connectivity index (χ0n) is 11.1. The molecule has 19 heavy (non-hydrogen) atoms. The van der Waals surface area contributed by atoms with Crippen LogP contribution >= 0.6 is 11.3 Å². The Bertz CT molecular complexity index is 477. The predicted octanol–water partition coefficient (Wildman–Crippen LogP) is 2.29. The van der Waals surface area contributed by atoms with Gasteiger partial charge in [0.25, 0.3) is 0 Å². The first-order valence-electron chi connectivity index (χ1n) is 5.65. The van der Waals surface area contributed by atoms with Crippen LogP contribution in [0.5, 0.6) is 0 Å². The molecule has 104 valence electrons. The van der Waals surface area contributed by atoms with Crippen LogP contribution in [0.1, 0.15) is 26.5 Å². The molecule has 0 aliphatic carbocycles. The Kier molecular flexibility index (Phi) is 5.05. The van der Waals surface area contributed by atoms with Gasteiger partial charge in [-0.1, -0.05) is 6.58 Å². The first-order valence-corrected chi connectivity index (χ1v) is 6.53. The van der Waals surface area contributed by atoms with Crippen molar-refractivity contribution in [3.63, 3.8) is 0 Å². The molecule has 0 saturated heterocycles. The largest absolute Gasteiger partial charge is 0.444 e. The van der Waals surface area contributed by atoms with E-state index in [4.69, 9.17) is 4.74 Å². The summed E-state index contributed by atoms with van der Waals surface area (Å²) in [6.07, 6.45) is 0.634. The average molecular weight is 283 g/mol. The zero-order valence-corrected chi connectivity index (χ0v) is 12.0. The van der Waals surface area contributed by atoms with Crippen molar-refractivity contribution in [3.05, 3.63) is 23.7 Å². The highest BCUT2D eigenvalue weighted by Gasteiger charge is 2.17. The number of carbonyl (C=O) groups excluding carboxylic acids is 2. The molecule has 1 heterocycles. The van der Waals surface area contributed by atoms with E-state index in [0.29, 0.717) is 10.8 Å². The Balaban J connectivity index is 2.48. The number of carbonyl (C=O) groups is 2. The Morgan fingerprint density at radius 2 is 2.21 bits per heavy atom. The molecule has 0 radical (unpaired) electrons. The normalized spacial score (nSPS) is 10.7. The van der Waals surface area contributed by atoms with E-state index >= 15 is 0 Å². The summed E-state index contributed by atoms with van der Waals surface area (Å²) in [5.74, 6) is -0.269. The van der Waals surface area contributed by atoms with Crippen LogP contribution in [0.4, 0.5) is 9.93 Å². The van der Waals surface area contributed by atoms with Gasteiger partial charge in [0, 0.05) is 5.38 Å². The molecule has 0 aromatic carbocycles. The lowest BCUT2D eigenvalue weighted by molar-refractivity contribution is -0.116. The van der Waals surface area contributed by atoms with Crippen LogP contribution in [0.3, 0.4) is 0 Å². The molecule has 1 rings (SSSR count). The lowest BCUT2D eigenvalue weighted by Crippen LogP contribution is -2.27. The molecule has 7 heteroatoms. The Morgan fingerprint density at radius 1 is 1.53 bits per heavy atom. The van der Waals surface area contributed by atoms with Gasteiger partial charge in [-0.05, 0) is 26.8 Å². The second-order valence-electron chi connectivity index (χ2n) is 4.69. The van der Waals surface area contributed by atoms with Crippen molar-refractivity contribution in [2.75, 3.05) is 5.32 Å². The molecule has 0 fully saturated rings. The summed E-state index contributed by atoms with van der Waals surface area (Å²) in [5, 5.41) is 7.30. The quantitative estimate of drug-likeness (QED) is 0.831. The van der Waals surface area contributed by atoms with E-state index < -0.39 is 11.7 Å². The third kappa shape index (κ3) is 6.01. The van der Waals surface area contributed by atoms with Crippen molar-refractivity contribution in [1.82, 2.24) is 10.3 Å². The van der Waals surface area contributed by atoms with Crippen molar-refractivity contribution in [1.29, 1.82) is 0 Å². The molecule has 0 unspecified atom stereocenters. The number of ether oxygens (including phenoxy) is 1. The second-order valence-corrected chi connectivity index (χ2v) is 5.55. The number of aromatic nitrogens is 1. The van der Waals surface area contributed by atoms with Gasteiger partial charge in [-0.3, -0.25) is 10.1 Å². The Labute approximate surface area is 115 Å². The van der Waals surface area contributed by atoms with E-state index in [1.165, 1.54) is 17.4 Å². The molecule has 0 saturated carbocycles. The number of nitrogens with zero attached hydrogens (tertiary/aromatic N) is 1. The molecule has 0 spiro atoms. The van der Waals surface area contributed by atoms with E-state index in [2.05, 4.69) is 22.2 Å². The van der Waals surface area contributed by atoms with Gasteiger partial charge in [-0.25, -0.2) is 9.78 Å². The molecular formula is C12H17N3O3S. The standard InChI is InChI=1S/C12H17N3O3S/c1-5-9(16)13-6-8-7-19-10(14-8)15-11(17)18-12(2,3)4/h5,7H,1,6H2,2-4H3,(H,13,16)(H,14,15,17). The fraction of sp³-hybridized carbons (Fsp3) is 0.417. The highest BCUT2D eigenvalue weighted by atomic mass is 32.1. The molecule has 2 N–H and O–H groups in total. The lowest BCUT2D eigenvalue weighted by Gasteiger charge is -2.18. The minimum absolute atomic E-state index is 0.269. The number of thiazole rings is 1. The number of hydrogen-bond acceptors (Lipinski definition) is 5. The molecule has 0 aliphatic heterocycles. The summed E-state index contributed by atoms with van der Waals surface area (Å²) in [6, 6.07) is 0. The summed E-state index contributed by atoms with van der Waals surface area (Å²) in [4.78, 5) is 26.6. The summed E-state index contributed by atoms with van der Waals surface area (Å²) in [6.45, 7) is 8.98. The van der Waals surface area contributed by atoms with Crippen LogP contribution in [0, 0.1) is 0 Å². The van der Waals surface area contributed by atoms with Crippen LogP contribution in [0.2, 0.25) is 0 Å². The summed E-state index contributed by atoms with van der Waals surface area (Å²) < 4.78 is 5.10. The summed E-state index contributed by atoms with van der Waals surface area (Å²) in [7, 11) is 0. The summed E-state index contributed by atoms with van der Waals surface area (Å²) in [5.41, 5.74) is 0.105. The predicted molar refractivity (Wildman–Crippen MR) is 74.0 cm³/mol. The molecule has 2 amide bonds. The minimum atomic E-state index is -0.553. The number of hydrogen-bond donors (Lipinski definition) is 2. The van der Waals surface area contributed by atoms with E-state index in [1.807, 2.05) is 0 Å². The van der Waals surface area contributed by atoms with Gasteiger partial charge in [0.1, 0.15) is 5.60 Å². The minimum Gasteiger partial charge on any atom is -0.444 e. The highest BCUT2D eigenvalue weighted by Crippen LogP contribution is 2.16. The topological polar surface area (TPSA) is 80.3 Å². The van der Waals surface area contributed by atoms with Gasteiger partial charge in [0.2, 0.25) is 5.91 Å². The van der Waals surface area contributed by atoms with E-state index in [1.54, 1.807) is 26.2 Å². The monoisotopic (exact) mass is 283 g/mol. The van der Waals surface area contributed by atoms with E-state index in [-0.39, 0.29) is 12.5 Å². The first kappa shape index (κ1) is 15.2. The van der Waals surface area contributed by atoms with Gasteiger partial charge in [0.15, 0.2) is 5.13 Å². The Morgan fingerprint density at radius 3 is 2.79 bits per heavy atom. The molecule has 0 aliphatic rings. The molecule has 6 nitrogen and oxygen atoms in total. The van der Waals surface area contributed by atoms with Crippen LogP contribution in [0.15, 0.2) is 18.0 Å². The summed E-state index contributed by atoms with van der Waals surface area (Å²) >= 11 is 1.26. The second kappa shape index (κ2) is 6.33. The fourth-order valence-corrected chi connectivity index (χ4v) is 1.78.